The number of piperidine rings is 1. The van der Waals surface area contributed by atoms with E-state index in [0.717, 1.165) is 11.9 Å². The molecule has 1 aromatic heterocycles. The predicted octanol–water partition coefficient (Wildman–Crippen LogP) is 2.12. The summed E-state index contributed by atoms with van der Waals surface area (Å²) in [5, 5.41) is 3.60. The Morgan fingerprint density at radius 2 is 2.06 bits per heavy atom. The van der Waals surface area contributed by atoms with Crippen LogP contribution < -0.4 is 5.32 Å². The number of nitrogens with one attached hydrogen (secondary N) is 1. The topological polar surface area (TPSA) is 28.2 Å². The quantitative estimate of drug-likeness (QED) is 0.822. The molecule has 0 aromatic carbocycles. The monoisotopic (exact) mass is 217 g/mol. The van der Waals surface area contributed by atoms with Crippen molar-refractivity contribution in [2.45, 2.75) is 37.8 Å². The van der Waals surface area contributed by atoms with E-state index in [4.69, 9.17) is 0 Å². The molecule has 2 fully saturated rings. The van der Waals surface area contributed by atoms with Gasteiger partial charge in [0, 0.05) is 18.3 Å². The number of nitrogens with zero attached hydrogens (tertiary/aromatic N) is 2. The van der Waals surface area contributed by atoms with Crippen molar-refractivity contribution in [3.05, 3.63) is 24.4 Å². The molecular weight excluding hydrogens is 198 g/mol. The molecule has 2 saturated heterocycles. The highest BCUT2D eigenvalue weighted by Crippen LogP contribution is 2.28. The van der Waals surface area contributed by atoms with Crippen LogP contribution in [0.1, 0.15) is 25.7 Å². The zero-order valence-electron chi connectivity index (χ0n) is 9.60. The van der Waals surface area contributed by atoms with Gasteiger partial charge in [-0.2, -0.15) is 0 Å². The highest BCUT2D eigenvalue weighted by Gasteiger charge is 2.34. The lowest BCUT2D eigenvalue weighted by molar-refractivity contribution is 0.183. The van der Waals surface area contributed by atoms with Crippen molar-refractivity contribution < 1.29 is 0 Å². The van der Waals surface area contributed by atoms with Gasteiger partial charge in [0.1, 0.15) is 5.82 Å². The van der Waals surface area contributed by atoms with Crippen molar-refractivity contribution in [2.75, 3.05) is 18.4 Å². The lowest BCUT2D eigenvalue weighted by atomic mass is 9.96. The summed E-state index contributed by atoms with van der Waals surface area (Å²) in [6.45, 7) is 2.59. The van der Waals surface area contributed by atoms with E-state index in [-0.39, 0.29) is 0 Å². The number of pyridine rings is 1. The van der Waals surface area contributed by atoms with Crippen LogP contribution in [0.25, 0.3) is 0 Å². The minimum atomic E-state index is 0.603. The van der Waals surface area contributed by atoms with Crippen LogP contribution >= 0.6 is 0 Å². The maximum absolute atomic E-state index is 4.36. The highest BCUT2D eigenvalue weighted by atomic mass is 15.2. The Balaban J connectivity index is 1.70. The first-order valence-electron chi connectivity index (χ1n) is 6.35. The molecular formula is C13H19N3. The number of hydrogen-bond acceptors (Lipinski definition) is 3. The second-order valence-corrected chi connectivity index (χ2v) is 4.85. The fraction of sp³-hybridized carbons (Fsp3) is 0.615. The summed E-state index contributed by atoms with van der Waals surface area (Å²) in [6.07, 6.45) is 7.19. The zero-order valence-corrected chi connectivity index (χ0v) is 9.60. The van der Waals surface area contributed by atoms with Gasteiger partial charge in [0.2, 0.25) is 0 Å². The minimum absolute atomic E-state index is 0.603. The molecule has 3 nitrogen and oxygen atoms in total. The Morgan fingerprint density at radius 3 is 2.88 bits per heavy atom. The lowest BCUT2D eigenvalue weighted by Gasteiger charge is -2.37. The number of anilines is 1. The van der Waals surface area contributed by atoms with E-state index in [0.29, 0.717) is 6.04 Å². The van der Waals surface area contributed by atoms with E-state index >= 15 is 0 Å². The Kier molecular flexibility index (Phi) is 2.79. The van der Waals surface area contributed by atoms with Crippen molar-refractivity contribution in [3.63, 3.8) is 0 Å². The van der Waals surface area contributed by atoms with Crippen LogP contribution in [-0.4, -0.2) is 35.1 Å². The molecule has 3 rings (SSSR count). The molecule has 0 saturated carbocycles. The first kappa shape index (κ1) is 10.1. The second-order valence-electron chi connectivity index (χ2n) is 4.85. The van der Waals surface area contributed by atoms with E-state index in [1.54, 1.807) is 0 Å². The first-order valence-corrected chi connectivity index (χ1v) is 6.35. The van der Waals surface area contributed by atoms with Gasteiger partial charge in [-0.15, -0.1) is 0 Å². The smallest absolute Gasteiger partial charge is 0.126 e. The van der Waals surface area contributed by atoms with Gasteiger partial charge in [-0.3, -0.25) is 4.90 Å². The fourth-order valence-corrected chi connectivity index (χ4v) is 3.10. The van der Waals surface area contributed by atoms with Gasteiger partial charge < -0.3 is 5.32 Å². The van der Waals surface area contributed by atoms with Crippen LogP contribution in [0.2, 0.25) is 0 Å². The molecule has 1 aromatic rings. The largest absolute Gasteiger partial charge is 0.366 e. The molecule has 0 amide bonds. The average Bonchev–Trinajstić information content (AvgIpc) is 2.80. The SMILES string of the molecule is c1ccc(NC2CCCN3CCCC23)nc1. The van der Waals surface area contributed by atoms with Crippen LogP contribution in [0.3, 0.4) is 0 Å². The van der Waals surface area contributed by atoms with E-state index < -0.39 is 0 Å². The molecule has 0 radical (unpaired) electrons. The molecule has 3 heterocycles. The number of rotatable bonds is 2. The van der Waals surface area contributed by atoms with E-state index in [1.807, 2.05) is 18.3 Å². The Bertz CT molecular complexity index is 338. The normalized spacial score (nSPS) is 30.0. The van der Waals surface area contributed by atoms with Gasteiger partial charge in [-0.1, -0.05) is 6.07 Å². The van der Waals surface area contributed by atoms with Gasteiger partial charge in [0.05, 0.1) is 0 Å². The van der Waals surface area contributed by atoms with Crippen molar-refractivity contribution in [1.82, 2.24) is 9.88 Å². The minimum Gasteiger partial charge on any atom is -0.366 e. The molecule has 2 aliphatic rings. The first-order chi connectivity index (χ1) is 7.93. The van der Waals surface area contributed by atoms with Gasteiger partial charge in [-0.25, -0.2) is 4.98 Å². The summed E-state index contributed by atoms with van der Waals surface area (Å²) in [5.41, 5.74) is 0. The van der Waals surface area contributed by atoms with E-state index in [9.17, 15) is 0 Å². The summed E-state index contributed by atoms with van der Waals surface area (Å²) in [4.78, 5) is 7.00. The summed E-state index contributed by atoms with van der Waals surface area (Å²) in [7, 11) is 0. The van der Waals surface area contributed by atoms with Gasteiger partial charge >= 0.3 is 0 Å². The van der Waals surface area contributed by atoms with Crippen molar-refractivity contribution in [2.24, 2.45) is 0 Å². The van der Waals surface area contributed by atoms with Gasteiger partial charge in [0.25, 0.3) is 0 Å². The van der Waals surface area contributed by atoms with Crippen LogP contribution in [0.4, 0.5) is 5.82 Å². The van der Waals surface area contributed by atoms with Gasteiger partial charge in [-0.05, 0) is 50.9 Å². The summed E-state index contributed by atoms with van der Waals surface area (Å²) >= 11 is 0. The molecule has 16 heavy (non-hydrogen) atoms. The zero-order chi connectivity index (χ0) is 10.8. The average molecular weight is 217 g/mol. The maximum Gasteiger partial charge on any atom is 0.126 e. The summed E-state index contributed by atoms with van der Waals surface area (Å²) < 4.78 is 0. The molecule has 0 aliphatic carbocycles. The van der Waals surface area contributed by atoms with Crippen LogP contribution in [0, 0.1) is 0 Å². The van der Waals surface area contributed by atoms with Crippen LogP contribution in [-0.2, 0) is 0 Å². The third-order valence-electron chi connectivity index (χ3n) is 3.84. The summed E-state index contributed by atoms with van der Waals surface area (Å²) in [6, 6.07) is 7.42. The third-order valence-corrected chi connectivity index (χ3v) is 3.84. The van der Waals surface area contributed by atoms with Crippen molar-refractivity contribution in [3.8, 4) is 0 Å². The second kappa shape index (κ2) is 4.42. The van der Waals surface area contributed by atoms with Crippen LogP contribution in [0.15, 0.2) is 24.4 Å². The molecule has 3 heteroatoms. The Hall–Kier alpha value is -1.09. The van der Waals surface area contributed by atoms with E-state index in [2.05, 4.69) is 21.3 Å². The number of aromatic nitrogens is 1. The molecule has 86 valence electrons. The molecule has 2 unspecified atom stereocenters. The maximum atomic E-state index is 4.36. The molecule has 2 aliphatic heterocycles. The fourth-order valence-electron chi connectivity index (χ4n) is 3.10. The van der Waals surface area contributed by atoms with Crippen molar-refractivity contribution >= 4 is 5.82 Å². The Morgan fingerprint density at radius 1 is 1.19 bits per heavy atom. The lowest BCUT2D eigenvalue weighted by Crippen LogP contribution is -2.47. The van der Waals surface area contributed by atoms with E-state index in [1.165, 1.54) is 38.8 Å². The van der Waals surface area contributed by atoms with Crippen LogP contribution in [0.5, 0.6) is 0 Å². The molecule has 0 bridgehead atoms. The predicted molar refractivity (Wildman–Crippen MR) is 65.5 cm³/mol. The molecule has 0 spiro atoms. The summed E-state index contributed by atoms with van der Waals surface area (Å²) in [5.74, 6) is 1.03. The molecule has 1 N–H and O–H groups in total. The highest BCUT2D eigenvalue weighted by molar-refractivity contribution is 5.35. The van der Waals surface area contributed by atoms with Gasteiger partial charge in [0.15, 0.2) is 0 Å². The molecule has 2 atom stereocenters. The number of hydrogen-bond donors (Lipinski definition) is 1. The van der Waals surface area contributed by atoms with Crippen molar-refractivity contribution in [1.29, 1.82) is 0 Å². The standard InChI is InChI=1S/C13H19N3/c1-2-8-14-13(7-1)15-11-5-3-9-16-10-4-6-12(11)16/h1-2,7-8,11-12H,3-6,9-10H2,(H,14,15). The Labute approximate surface area is 96.9 Å². The number of fused-ring (bicyclic) bond motifs is 1. The third kappa shape index (κ3) is 1.92.